The van der Waals surface area contributed by atoms with E-state index in [1.165, 1.54) is 47.6 Å². The van der Waals surface area contributed by atoms with E-state index in [1.54, 1.807) is 13.8 Å². The van der Waals surface area contributed by atoms with Crippen LogP contribution in [0.25, 0.3) is 42.2 Å². The third-order valence-corrected chi connectivity index (χ3v) is 8.71. The van der Waals surface area contributed by atoms with Crippen molar-refractivity contribution in [3.63, 3.8) is 0 Å². The SMILES string of the molecule is CC(C)C/C(O)=C/C(=O)C(F)(F)F.[CH2-]c1c(-c2c3sc4cc(CC)ccc4c3cc[n+]2[CH2-])cc(C(C)(C)C)c2ccccc12.[Ir]. The van der Waals surface area contributed by atoms with Crippen LogP contribution in [0.5, 0.6) is 0 Å². The first-order valence-electron chi connectivity index (χ1n) is 14.6. The average molecular weight is 811 g/mol. The van der Waals surface area contributed by atoms with E-state index in [0.29, 0.717) is 0 Å². The molecule has 5 rings (SSSR count). The molecule has 2 aromatic heterocycles. The van der Waals surface area contributed by atoms with Crippen LogP contribution in [0.2, 0.25) is 0 Å². The molecule has 0 aliphatic rings. The Hall–Kier alpha value is -3.32. The quantitative estimate of drug-likeness (QED) is 0.0832. The van der Waals surface area contributed by atoms with Crippen molar-refractivity contribution in [3.8, 4) is 11.3 Å². The molecule has 0 aliphatic heterocycles. The zero-order chi connectivity index (χ0) is 32.6. The van der Waals surface area contributed by atoms with Crippen LogP contribution in [-0.4, -0.2) is 17.1 Å². The van der Waals surface area contributed by atoms with Gasteiger partial charge in [-0.2, -0.15) is 25.7 Å². The summed E-state index contributed by atoms with van der Waals surface area (Å²) in [4.78, 5) is 10.3. The van der Waals surface area contributed by atoms with Crippen LogP contribution in [0.1, 0.15) is 64.7 Å². The number of aliphatic hydroxyl groups excluding tert-OH is 1. The summed E-state index contributed by atoms with van der Waals surface area (Å²) in [7, 11) is 4.36. The summed E-state index contributed by atoms with van der Waals surface area (Å²) < 4.78 is 39.6. The van der Waals surface area contributed by atoms with Crippen molar-refractivity contribution in [2.45, 2.75) is 66.0 Å². The summed E-state index contributed by atoms with van der Waals surface area (Å²) in [6, 6.07) is 20.1. The van der Waals surface area contributed by atoms with Crippen LogP contribution in [0.15, 0.2) is 72.6 Å². The van der Waals surface area contributed by atoms with Gasteiger partial charge in [-0.1, -0.05) is 82.8 Å². The van der Waals surface area contributed by atoms with Gasteiger partial charge < -0.3 is 9.67 Å². The number of carbonyl (C=O) groups is 1. The number of hydrogen-bond donors (Lipinski definition) is 1. The van der Waals surface area contributed by atoms with E-state index in [0.717, 1.165) is 17.7 Å². The summed E-state index contributed by atoms with van der Waals surface area (Å²) in [5.41, 5.74) is 6.14. The Labute approximate surface area is 281 Å². The number of rotatable bonds is 5. The number of thiophene rings is 1. The summed E-state index contributed by atoms with van der Waals surface area (Å²) in [6.07, 6.45) is -1.47. The Balaban J connectivity index is 0.000000338. The Morgan fingerprint density at radius 1 is 1.00 bits per heavy atom. The molecule has 0 unspecified atom stereocenters. The number of halogens is 3. The maximum atomic E-state index is 11.6. The fourth-order valence-electron chi connectivity index (χ4n) is 5.35. The molecule has 3 nitrogen and oxygen atoms in total. The minimum atomic E-state index is -4.90. The van der Waals surface area contributed by atoms with Crippen LogP contribution < -0.4 is 4.57 Å². The van der Waals surface area contributed by atoms with Crippen molar-refractivity contribution in [1.29, 1.82) is 0 Å². The molecule has 3 aromatic carbocycles. The van der Waals surface area contributed by atoms with E-state index >= 15 is 0 Å². The van der Waals surface area contributed by atoms with Crippen molar-refractivity contribution < 1.29 is 47.7 Å². The van der Waals surface area contributed by atoms with E-state index < -0.39 is 17.7 Å². The molecule has 0 atom stereocenters. The van der Waals surface area contributed by atoms with Gasteiger partial charge in [0.1, 0.15) is 0 Å². The molecular weight excluding hydrogens is 772 g/mol. The third-order valence-electron chi connectivity index (χ3n) is 7.54. The standard InChI is InChI=1S/C29H28NS.C8H11F3O2.Ir/c1-7-19-12-13-22-23-14-15-30(6)27(28(23)31-26(22)16-19)24-17-25(29(3,4)5)21-11-9-8-10-20(21)18(24)2;1-5(2)3-6(12)4-7(13)8(9,10)11;/h8-17H,2,6-7H2,1,3-5H3;4-5,12H,3H2,1-2H3;/q-1;;/b;6-4-;. The number of nitrogens with zero attached hydrogens (tertiary/aromatic N) is 1. The second-order valence-corrected chi connectivity index (χ2v) is 13.6. The van der Waals surface area contributed by atoms with Crippen molar-refractivity contribution >= 4 is 48.1 Å². The van der Waals surface area contributed by atoms with Gasteiger partial charge in [-0.15, -0.1) is 34.4 Å². The predicted molar refractivity (Wildman–Crippen MR) is 177 cm³/mol. The van der Waals surface area contributed by atoms with Gasteiger partial charge in [-0.05, 0) is 46.2 Å². The minimum Gasteiger partial charge on any atom is -0.512 e. The molecule has 1 N–H and O–H groups in total. The summed E-state index contributed by atoms with van der Waals surface area (Å²) in [5, 5.41) is 14.0. The first-order valence-corrected chi connectivity index (χ1v) is 15.4. The smallest absolute Gasteiger partial charge is 0.454 e. The normalized spacial score (nSPS) is 12.4. The second-order valence-electron chi connectivity index (χ2n) is 12.5. The average Bonchev–Trinajstić information content (AvgIpc) is 3.30. The van der Waals surface area contributed by atoms with Crippen LogP contribution in [0.3, 0.4) is 0 Å². The summed E-state index contributed by atoms with van der Waals surface area (Å²) in [5.74, 6) is -2.54. The van der Waals surface area contributed by atoms with Gasteiger partial charge in [0, 0.05) is 49.0 Å². The number of fused-ring (bicyclic) bond motifs is 4. The number of ketones is 1. The molecule has 1 radical (unpaired) electrons. The van der Waals surface area contributed by atoms with E-state index in [2.05, 4.69) is 102 Å². The topological polar surface area (TPSA) is 41.2 Å². The zero-order valence-electron chi connectivity index (χ0n) is 26.4. The molecule has 5 aromatic rings. The number of aryl methyl sites for hydroxylation is 1. The van der Waals surface area contributed by atoms with E-state index in [-0.39, 0.29) is 43.9 Å². The van der Waals surface area contributed by atoms with E-state index in [4.69, 9.17) is 5.11 Å². The number of alkyl halides is 3. The van der Waals surface area contributed by atoms with Gasteiger partial charge in [0.15, 0.2) is 0 Å². The second kappa shape index (κ2) is 14.0. The monoisotopic (exact) mass is 811 g/mol. The van der Waals surface area contributed by atoms with Crippen LogP contribution >= 0.6 is 11.3 Å². The molecule has 0 saturated heterocycles. The largest absolute Gasteiger partial charge is 0.512 e. The maximum absolute atomic E-state index is 11.6. The molecule has 0 amide bonds. The third kappa shape index (κ3) is 7.92. The molecule has 2 heterocycles. The van der Waals surface area contributed by atoms with E-state index in [9.17, 15) is 18.0 Å². The molecule has 45 heavy (non-hydrogen) atoms. The first kappa shape index (κ1) is 36.2. The molecule has 0 bridgehead atoms. The Morgan fingerprint density at radius 3 is 2.22 bits per heavy atom. The molecule has 0 saturated carbocycles. The van der Waals surface area contributed by atoms with Crippen LogP contribution in [0, 0.1) is 19.9 Å². The van der Waals surface area contributed by atoms with Crippen LogP contribution in [-0.2, 0) is 36.7 Å². The Morgan fingerprint density at radius 2 is 1.64 bits per heavy atom. The molecule has 0 fully saturated rings. The van der Waals surface area contributed by atoms with Crippen molar-refractivity contribution in [2.24, 2.45) is 5.92 Å². The first-order chi connectivity index (χ1) is 20.5. The summed E-state index contributed by atoms with van der Waals surface area (Å²) in [6.45, 7) is 17.1. The number of hydrogen-bond acceptors (Lipinski definition) is 3. The number of carbonyl (C=O) groups excluding carboxylic acids is 1. The molecule has 0 spiro atoms. The van der Waals surface area contributed by atoms with Gasteiger partial charge in [0.05, 0.1) is 17.6 Å². The molecule has 0 aliphatic carbocycles. The number of allylic oxidation sites excluding steroid dienone is 2. The number of benzene rings is 3. The molecular formula is C37H39F3IrNO2S-. The number of aromatic nitrogens is 1. The number of pyridine rings is 1. The maximum Gasteiger partial charge on any atom is 0.454 e. The minimum absolute atomic E-state index is 0. The van der Waals surface area contributed by atoms with Gasteiger partial charge >= 0.3 is 6.18 Å². The molecule has 241 valence electrons. The fraction of sp³-hybridized carbons (Fsp3) is 0.297. The van der Waals surface area contributed by atoms with E-state index in [1.807, 2.05) is 15.9 Å². The summed E-state index contributed by atoms with van der Waals surface area (Å²) >= 11 is 1.87. The van der Waals surface area contributed by atoms with Gasteiger partial charge in [0.25, 0.3) is 5.78 Å². The van der Waals surface area contributed by atoms with Gasteiger partial charge in [-0.25, -0.2) is 0 Å². The fourth-order valence-corrected chi connectivity index (χ4v) is 6.68. The Kier molecular flexibility index (Phi) is 11.2. The predicted octanol–water partition coefficient (Wildman–Crippen LogP) is 10.4. The Bertz CT molecular complexity index is 1880. The van der Waals surface area contributed by atoms with Gasteiger partial charge in [0.2, 0.25) is 0 Å². The van der Waals surface area contributed by atoms with Crippen LogP contribution in [0.4, 0.5) is 13.2 Å². The van der Waals surface area contributed by atoms with Crippen molar-refractivity contribution in [2.75, 3.05) is 0 Å². The van der Waals surface area contributed by atoms with Gasteiger partial charge in [-0.3, -0.25) is 4.79 Å². The molecule has 8 heteroatoms. The van der Waals surface area contributed by atoms with Crippen molar-refractivity contribution in [1.82, 2.24) is 0 Å². The van der Waals surface area contributed by atoms with Crippen molar-refractivity contribution in [3.05, 3.63) is 103 Å². The zero-order valence-corrected chi connectivity index (χ0v) is 29.6. The number of aliphatic hydroxyl groups is 1.